The zero-order valence-electron chi connectivity index (χ0n) is 35.0. The number of hydrogen-bond acceptors (Lipinski definition) is 6. The van der Waals surface area contributed by atoms with E-state index in [1.165, 1.54) is 44.9 Å². The maximum absolute atomic E-state index is 12.7. The van der Waals surface area contributed by atoms with Gasteiger partial charge in [-0.25, -0.2) is 0 Å². The van der Waals surface area contributed by atoms with Gasteiger partial charge in [-0.2, -0.15) is 0 Å². The van der Waals surface area contributed by atoms with Crippen molar-refractivity contribution < 1.29 is 28.6 Å². The van der Waals surface area contributed by atoms with Crippen molar-refractivity contribution in [1.82, 2.24) is 0 Å². The minimum Gasteiger partial charge on any atom is -0.462 e. The first-order chi connectivity index (χ1) is 26.5. The number of rotatable bonds is 38. The summed E-state index contributed by atoms with van der Waals surface area (Å²) in [5.74, 6) is -0.949. The van der Waals surface area contributed by atoms with Gasteiger partial charge >= 0.3 is 17.9 Å². The second-order valence-electron chi connectivity index (χ2n) is 14.2. The number of allylic oxidation sites excluding steroid dienone is 12. The predicted molar refractivity (Wildman–Crippen MR) is 228 cm³/mol. The molecule has 0 saturated carbocycles. The van der Waals surface area contributed by atoms with E-state index in [0.29, 0.717) is 19.3 Å². The van der Waals surface area contributed by atoms with Gasteiger partial charge in [-0.05, 0) is 83.5 Å². The highest BCUT2D eigenvalue weighted by atomic mass is 16.6. The summed E-state index contributed by atoms with van der Waals surface area (Å²) in [6.45, 7) is 6.29. The van der Waals surface area contributed by atoms with Crippen LogP contribution >= 0.6 is 0 Å². The van der Waals surface area contributed by atoms with Gasteiger partial charge in [-0.15, -0.1) is 0 Å². The van der Waals surface area contributed by atoms with Crippen LogP contribution < -0.4 is 0 Å². The van der Waals surface area contributed by atoms with Crippen molar-refractivity contribution in [3.63, 3.8) is 0 Å². The lowest BCUT2D eigenvalue weighted by Gasteiger charge is -2.18. The first-order valence-corrected chi connectivity index (χ1v) is 21.9. The molecule has 0 aliphatic rings. The quantitative estimate of drug-likeness (QED) is 0.0270. The Balaban J connectivity index is 4.33. The summed E-state index contributed by atoms with van der Waals surface area (Å²) in [6.07, 6.45) is 51.9. The Labute approximate surface area is 332 Å². The average molecular weight is 753 g/mol. The normalized spacial score (nSPS) is 12.7. The molecule has 0 fully saturated rings. The van der Waals surface area contributed by atoms with E-state index in [2.05, 4.69) is 93.7 Å². The maximum Gasteiger partial charge on any atom is 0.306 e. The fourth-order valence-corrected chi connectivity index (χ4v) is 5.70. The zero-order valence-corrected chi connectivity index (χ0v) is 35.0. The molecule has 0 saturated heterocycles. The van der Waals surface area contributed by atoms with Gasteiger partial charge in [-0.3, -0.25) is 14.4 Å². The highest BCUT2D eigenvalue weighted by molar-refractivity contribution is 5.71. The van der Waals surface area contributed by atoms with Crippen LogP contribution in [0.15, 0.2) is 72.9 Å². The molecule has 0 aliphatic carbocycles. The average Bonchev–Trinajstić information content (AvgIpc) is 3.17. The third-order valence-electron chi connectivity index (χ3n) is 8.96. The van der Waals surface area contributed by atoms with Crippen molar-refractivity contribution in [2.45, 2.75) is 200 Å². The topological polar surface area (TPSA) is 78.9 Å². The number of carbonyl (C=O) groups is 3. The van der Waals surface area contributed by atoms with Gasteiger partial charge in [0.05, 0.1) is 0 Å². The lowest BCUT2D eigenvalue weighted by molar-refractivity contribution is -0.167. The monoisotopic (exact) mass is 753 g/mol. The number of hydrogen-bond donors (Lipinski definition) is 0. The van der Waals surface area contributed by atoms with E-state index in [4.69, 9.17) is 14.2 Å². The smallest absolute Gasteiger partial charge is 0.306 e. The van der Waals surface area contributed by atoms with Crippen molar-refractivity contribution in [1.29, 1.82) is 0 Å². The summed E-state index contributed by atoms with van der Waals surface area (Å²) in [5, 5.41) is 0. The molecule has 54 heavy (non-hydrogen) atoms. The van der Waals surface area contributed by atoms with Crippen molar-refractivity contribution in [2.24, 2.45) is 0 Å². The van der Waals surface area contributed by atoms with Gasteiger partial charge in [0.2, 0.25) is 0 Å². The fraction of sp³-hybridized carbons (Fsp3) is 0.688. The van der Waals surface area contributed by atoms with Crippen LogP contribution in [0.3, 0.4) is 0 Å². The van der Waals surface area contributed by atoms with E-state index < -0.39 is 6.10 Å². The van der Waals surface area contributed by atoms with Gasteiger partial charge in [0, 0.05) is 19.3 Å². The largest absolute Gasteiger partial charge is 0.462 e. The zero-order chi connectivity index (χ0) is 39.4. The van der Waals surface area contributed by atoms with Crippen LogP contribution in [0.1, 0.15) is 194 Å². The molecule has 308 valence electrons. The van der Waals surface area contributed by atoms with E-state index in [9.17, 15) is 14.4 Å². The molecule has 0 radical (unpaired) electrons. The summed E-state index contributed by atoms with van der Waals surface area (Å²) in [6, 6.07) is 0. The van der Waals surface area contributed by atoms with Gasteiger partial charge in [0.1, 0.15) is 13.2 Å². The van der Waals surface area contributed by atoms with Gasteiger partial charge in [0.25, 0.3) is 0 Å². The molecular formula is C48H80O6. The van der Waals surface area contributed by atoms with Crippen LogP contribution in [0.5, 0.6) is 0 Å². The molecule has 0 N–H and O–H groups in total. The number of unbranched alkanes of at least 4 members (excludes halogenated alkanes) is 15. The molecule has 0 amide bonds. The Morgan fingerprint density at radius 2 is 0.722 bits per heavy atom. The number of esters is 3. The van der Waals surface area contributed by atoms with Crippen LogP contribution in [-0.4, -0.2) is 37.2 Å². The summed E-state index contributed by atoms with van der Waals surface area (Å²) >= 11 is 0. The van der Waals surface area contributed by atoms with E-state index >= 15 is 0 Å². The summed E-state index contributed by atoms with van der Waals surface area (Å²) in [7, 11) is 0. The van der Waals surface area contributed by atoms with E-state index in [1.807, 2.05) is 0 Å². The Morgan fingerprint density at radius 3 is 1.15 bits per heavy atom. The molecule has 1 atom stereocenters. The Morgan fingerprint density at radius 1 is 0.389 bits per heavy atom. The molecule has 0 spiro atoms. The molecule has 6 nitrogen and oxygen atoms in total. The number of ether oxygens (including phenoxy) is 3. The van der Waals surface area contributed by atoms with Crippen molar-refractivity contribution in [2.75, 3.05) is 13.2 Å². The minimum absolute atomic E-state index is 0.0917. The van der Waals surface area contributed by atoms with Gasteiger partial charge in [-0.1, -0.05) is 164 Å². The predicted octanol–water partition coefficient (Wildman–Crippen LogP) is 13.9. The SMILES string of the molecule is CC/C=C\C/C=C\C/C=C\CCCCCCCCCC(=O)OCC(COC(=O)CCCCCCCC)OC(=O)CCCCC/C=C\C/C=C\C/C=C\CC. The highest BCUT2D eigenvalue weighted by Crippen LogP contribution is 2.13. The van der Waals surface area contributed by atoms with E-state index in [0.717, 1.165) is 109 Å². The van der Waals surface area contributed by atoms with Gasteiger partial charge in [0.15, 0.2) is 6.10 Å². The Kier molecular flexibility index (Phi) is 40.1. The summed E-state index contributed by atoms with van der Waals surface area (Å²) in [5.41, 5.74) is 0. The molecule has 0 aliphatic heterocycles. The van der Waals surface area contributed by atoms with E-state index in [1.54, 1.807) is 0 Å². The maximum atomic E-state index is 12.7. The molecule has 0 aromatic rings. The standard InChI is InChI=1S/C48H80O6/c1-4-7-10-13-16-18-20-22-23-24-25-27-28-30-32-35-38-41-47(50)53-44-45(43-52-46(49)40-37-34-15-12-9-6-3)54-48(51)42-39-36-33-31-29-26-21-19-17-14-11-8-5-2/h7-8,10-11,16-19,22-23,26,29,45H,4-6,9,12-15,20-21,24-25,27-28,30-44H2,1-3H3/b10-7-,11-8-,18-16-,19-17-,23-22-,29-26-. The molecule has 6 heteroatoms. The molecule has 0 aromatic heterocycles. The summed E-state index contributed by atoms with van der Waals surface area (Å²) in [4.78, 5) is 37.5. The van der Waals surface area contributed by atoms with Crippen LogP contribution in [0.2, 0.25) is 0 Å². The Hall–Kier alpha value is -3.15. The first-order valence-electron chi connectivity index (χ1n) is 21.9. The molecule has 0 bridgehead atoms. The molecular weight excluding hydrogens is 673 g/mol. The van der Waals surface area contributed by atoms with Crippen molar-refractivity contribution in [3.05, 3.63) is 72.9 Å². The highest BCUT2D eigenvalue weighted by Gasteiger charge is 2.19. The number of carbonyl (C=O) groups excluding carboxylic acids is 3. The van der Waals surface area contributed by atoms with Crippen LogP contribution in [0.4, 0.5) is 0 Å². The van der Waals surface area contributed by atoms with Crippen molar-refractivity contribution in [3.8, 4) is 0 Å². The second kappa shape index (κ2) is 42.6. The van der Waals surface area contributed by atoms with Crippen LogP contribution in [0.25, 0.3) is 0 Å². The lowest BCUT2D eigenvalue weighted by atomic mass is 10.1. The van der Waals surface area contributed by atoms with E-state index in [-0.39, 0.29) is 31.1 Å². The van der Waals surface area contributed by atoms with Crippen molar-refractivity contribution >= 4 is 17.9 Å². The van der Waals surface area contributed by atoms with Crippen LogP contribution in [0, 0.1) is 0 Å². The van der Waals surface area contributed by atoms with Crippen LogP contribution in [-0.2, 0) is 28.6 Å². The molecule has 0 rings (SSSR count). The second-order valence-corrected chi connectivity index (χ2v) is 14.2. The Bertz CT molecular complexity index is 1050. The fourth-order valence-electron chi connectivity index (χ4n) is 5.70. The molecule has 1 unspecified atom stereocenters. The minimum atomic E-state index is -0.789. The third kappa shape index (κ3) is 40.0. The van der Waals surface area contributed by atoms with Gasteiger partial charge < -0.3 is 14.2 Å². The summed E-state index contributed by atoms with van der Waals surface area (Å²) < 4.78 is 16.6. The molecule has 0 heterocycles. The third-order valence-corrected chi connectivity index (χ3v) is 8.96. The molecule has 0 aromatic carbocycles. The lowest BCUT2D eigenvalue weighted by Crippen LogP contribution is -2.30. The first kappa shape index (κ1) is 50.9.